The summed E-state index contributed by atoms with van der Waals surface area (Å²) in [6.45, 7) is 0. The van der Waals surface area contributed by atoms with Crippen molar-refractivity contribution in [1.29, 1.82) is 0 Å². The van der Waals surface area contributed by atoms with Gasteiger partial charge < -0.3 is 0 Å². The molecule has 4 N–H and O–H groups in total. The van der Waals surface area contributed by atoms with Crippen LogP contribution in [0, 0.1) is 0 Å². The molecule has 0 aliphatic heterocycles. The van der Waals surface area contributed by atoms with E-state index in [4.69, 9.17) is 0 Å². The third-order valence-electron chi connectivity index (χ3n) is 3.47. The Kier molecular flexibility index (Phi) is 6.64. The summed E-state index contributed by atoms with van der Waals surface area (Å²) in [5.74, 6) is 0. The van der Waals surface area contributed by atoms with Crippen molar-refractivity contribution in [1.82, 2.24) is 0 Å². The van der Waals surface area contributed by atoms with E-state index >= 15 is 0 Å². The van der Waals surface area contributed by atoms with Gasteiger partial charge in [0.15, 0.2) is 0 Å². The lowest BCUT2D eigenvalue weighted by Gasteiger charge is -2.15. The van der Waals surface area contributed by atoms with E-state index in [9.17, 15) is 51.9 Å². The Morgan fingerprint density at radius 2 is 0.700 bits per heavy atom. The van der Waals surface area contributed by atoms with Crippen molar-refractivity contribution in [3.63, 3.8) is 0 Å². The average Bonchev–Trinajstić information content (AvgIpc) is 2.50. The van der Waals surface area contributed by atoms with Gasteiger partial charge in [-0.3, -0.25) is 18.2 Å². The van der Waals surface area contributed by atoms with E-state index in [1.165, 1.54) is 0 Å². The molecule has 0 spiro atoms. The van der Waals surface area contributed by atoms with E-state index < -0.39 is 80.1 Å². The van der Waals surface area contributed by atoms with Crippen molar-refractivity contribution in [2.75, 3.05) is 0 Å². The molecular weight excluding hydrogens is 624 g/mol. The number of benzene rings is 2. The van der Waals surface area contributed by atoms with Crippen molar-refractivity contribution >= 4 is 72.3 Å². The summed E-state index contributed by atoms with van der Waals surface area (Å²) in [6, 6.07) is 1.82. The number of rotatable bonds is 5. The second-order valence-electron chi connectivity index (χ2n) is 5.46. The highest BCUT2D eigenvalue weighted by molar-refractivity contribution is 9.10. The molecule has 0 radical (unpaired) electrons. The fraction of sp³-hybridized carbons (Fsp3) is 0. The van der Waals surface area contributed by atoms with Crippen molar-refractivity contribution in [3.05, 3.63) is 33.2 Å². The summed E-state index contributed by atoms with van der Waals surface area (Å²) < 4.78 is 130. The van der Waals surface area contributed by atoms with E-state index in [1.54, 1.807) is 0 Å². The molecule has 30 heavy (non-hydrogen) atoms. The molecule has 0 atom stereocenters. The summed E-state index contributed by atoms with van der Waals surface area (Å²) in [5.41, 5.74) is -1.86. The van der Waals surface area contributed by atoms with E-state index in [-0.39, 0.29) is 0 Å². The Morgan fingerprint density at radius 1 is 0.467 bits per heavy atom. The van der Waals surface area contributed by atoms with Crippen molar-refractivity contribution in [2.24, 2.45) is 0 Å². The van der Waals surface area contributed by atoms with Crippen LogP contribution >= 0.6 is 31.9 Å². The molecule has 0 aromatic heterocycles. The molecule has 0 bridgehead atoms. The van der Waals surface area contributed by atoms with Crippen molar-refractivity contribution in [2.45, 2.75) is 19.6 Å². The predicted molar refractivity (Wildman–Crippen MR) is 107 cm³/mol. The van der Waals surface area contributed by atoms with Gasteiger partial charge in [-0.25, -0.2) is 0 Å². The summed E-state index contributed by atoms with van der Waals surface area (Å²) in [5, 5.41) is 0. The minimum absolute atomic E-state index is 0.411. The van der Waals surface area contributed by atoms with Crippen LogP contribution in [0.3, 0.4) is 0 Å². The molecule has 166 valence electrons. The molecule has 0 unspecified atom stereocenters. The Labute approximate surface area is 187 Å². The van der Waals surface area contributed by atoms with Crippen molar-refractivity contribution < 1.29 is 51.9 Å². The highest BCUT2D eigenvalue weighted by atomic mass is 79.9. The molecule has 12 nitrogen and oxygen atoms in total. The lowest BCUT2D eigenvalue weighted by atomic mass is 10.1. The van der Waals surface area contributed by atoms with Gasteiger partial charge >= 0.3 is 0 Å². The van der Waals surface area contributed by atoms with E-state index in [2.05, 4.69) is 31.9 Å². The van der Waals surface area contributed by atoms with Gasteiger partial charge in [0.2, 0.25) is 0 Å². The zero-order chi connectivity index (χ0) is 23.4. The van der Waals surface area contributed by atoms with Gasteiger partial charge in [0.25, 0.3) is 40.5 Å². The van der Waals surface area contributed by atoms with Crippen LogP contribution in [-0.4, -0.2) is 51.9 Å². The second kappa shape index (κ2) is 7.87. The topological polar surface area (TPSA) is 217 Å². The van der Waals surface area contributed by atoms with Crippen molar-refractivity contribution in [3.8, 4) is 11.1 Å². The highest BCUT2D eigenvalue weighted by Gasteiger charge is 2.30. The third-order valence-corrected chi connectivity index (χ3v) is 8.88. The first-order valence-corrected chi connectivity index (χ1v) is 14.2. The molecule has 0 heterocycles. The van der Waals surface area contributed by atoms with Crippen LogP contribution in [0.2, 0.25) is 0 Å². The summed E-state index contributed by atoms with van der Waals surface area (Å²) in [4.78, 5) is -4.20. The lowest BCUT2D eigenvalue weighted by Crippen LogP contribution is -2.09. The molecule has 0 fully saturated rings. The monoisotopic (exact) mass is 630 g/mol. The van der Waals surface area contributed by atoms with Crippen LogP contribution in [0.5, 0.6) is 0 Å². The number of hydrogen-bond donors (Lipinski definition) is 4. The maximum Gasteiger partial charge on any atom is 0.295 e. The third kappa shape index (κ3) is 5.26. The second-order valence-corrected chi connectivity index (χ2v) is 12.7. The van der Waals surface area contributed by atoms with Gasteiger partial charge in [0, 0.05) is 20.1 Å². The first-order chi connectivity index (χ1) is 13.2. The molecule has 0 saturated carbocycles. The summed E-state index contributed by atoms with van der Waals surface area (Å²) >= 11 is 5.34. The van der Waals surface area contributed by atoms with E-state index in [0.717, 1.165) is 0 Å². The summed E-state index contributed by atoms with van der Waals surface area (Å²) in [6.07, 6.45) is 0. The maximum absolute atomic E-state index is 11.8. The standard InChI is InChI=1S/C12H8Br2O12S4/c13-7-3-9(27(15,16)17)5(1-11(7)29(21,22)23)6-2-12(30(24,25)26)8(14)4-10(6)28(18,19)20/h1-4H,(H,15,16,17)(H,18,19,20)(H,21,22,23)(H,24,25,26). The molecular formula is C12H8Br2O12S4. The molecule has 0 aliphatic rings. The SMILES string of the molecule is O=S(=O)(O)c1cc(-c2cc(S(=O)(=O)O)c(Br)cc2S(=O)(=O)O)c(S(=O)(=O)O)cc1Br. The Bertz CT molecular complexity index is 1380. The minimum Gasteiger partial charge on any atom is -0.282 e. The van der Waals surface area contributed by atoms with Crippen LogP contribution in [-0.2, 0) is 40.5 Å². The van der Waals surface area contributed by atoms with Gasteiger partial charge in [-0.2, -0.15) is 33.7 Å². The van der Waals surface area contributed by atoms with Gasteiger partial charge in [0.05, 0.1) is 0 Å². The summed E-state index contributed by atoms with van der Waals surface area (Å²) in [7, 11) is -20.5. The fourth-order valence-electron chi connectivity index (χ4n) is 2.31. The predicted octanol–water partition coefficient (Wildman–Crippen LogP) is 1.87. The number of halogens is 2. The van der Waals surface area contributed by atoms with Crippen LogP contribution in [0.4, 0.5) is 0 Å². The fourth-order valence-corrected chi connectivity index (χ4v) is 7.10. The normalized spacial score (nSPS) is 13.4. The van der Waals surface area contributed by atoms with Gasteiger partial charge in [-0.15, -0.1) is 0 Å². The van der Waals surface area contributed by atoms with E-state index in [0.29, 0.717) is 24.3 Å². The largest absolute Gasteiger partial charge is 0.295 e. The maximum atomic E-state index is 11.8. The van der Waals surface area contributed by atoms with Gasteiger partial charge in [0.1, 0.15) is 19.6 Å². The first kappa shape index (κ1) is 25.3. The van der Waals surface area contributed by atoms with Crippen LogP contribution in [0.15, 0.2) is 52.8 Å². The molecule has 18 heteroatoms. The Balaban J connectivity index is 3.24. The smallest absolute Gasteiger partial charge is 0.282 e. The van der Waals surface area contributed by atoms with Gasteiger partial charge in [-0.05, 0) is 56.1 Å². The molecule has 0 saturated heterocycles. The van der Waals surface area contributed by atoms with E-state index in [1.807, 2.05) is 0 Å². The lowest BCUT2D eigenvalue weighted by molar-refractivity contribution is 0.477. The molecule has 0 amide bonds. The molecule has 2 rings (SSSR count). The quantitative estimate of drug-likeness (QED) is 0.348. The van der Waals surface area contributed by atoms with Crippen LogP contribution < -0.4 is 0 Å². The zero-order valence-electron chi connectivity index (χ0n) is 13.8. The highest BCUT2D eigenvalue weighted by Crippen LogP contribution is 2.40. The Morgan fingerprint density at radius 3 is 0.900 bits per heavy atom. The Hall–Kier alpha value is -0.960. The molecule has 0 aliphatic carbocycles. The molecule has 2 aromatic carbocycles. The first-order valence-electron chi connectivity index (χ1n) is 6.82. The average molecular weight is 632 g/mol. The zero-order valence-corrected chi connectivity index (χ0v) is 20.2. The van der Waals surface area contributed by atoms with Crippen LogP contribution in [0.25, 0.3) is 11.1 Å². The number of hydrogen-bond acceptors (Lipinski definition) is 8. The van der Waals surface area contributed by atoms with Gasteiger partial charge in [-0.1, -0.05) is 0 Å². The van der Waals surface area contributed by atoms with Crippen LogP contribution in [0.1, 0.15) is 0 Å². The molecule has 2 aromatic rings. The minimum atomic E-state index is -5.19.